The molecule has 0 spiro atoms. The van der Waals surface area contributed by atoms with Crippen LogP contribution in [-0.4, -0.2) is 38.2 Å². The number of benzene rings is 2. The molecule has 1 saturated carbocycles. The summed E-state index contributed by atoms with van der Waals surface area (Å²) in [5.41, 5.74) is 2.23. The Morgan fingerprint density at radius 2 is 1.86 bits per heavy atom. The van der Waals surface area contributed by atoms with Crippen LogP contribution in [0.5, 0.6) is 11.5 Å². The third kappa shape index (κ3) is 3.06. The molecule has 1 atom stereocenters. The molecule has 1 aliphatic heterocycles. The van der Waals surface area contributed by atoms with Gasteiger partial charge in [-0.15, -0.1) is 10.2 Å². The van der Waals surface area contributed by atoms with Gasteiger partial charge >= 0.3 is 0 Å². The molecule has 6 nitrogen and oxygen atoms in total. The fourth-order valence-corrected chi connectivity index (χ4v) is 4.76. The van der Waals surface area contributed by atoms with E-state index in [1.807, 2.05) is 36.5 Å². The molecule has 0 bridgehead atoms. The molecule has 1 fully saturated rings. The van der Waals surface area contributed by atoms with Gasteiger partial charge in [0.05, 0.1) is 0 Å². The number of aromatic amines is 1. The van der Waals surface area contributed by atoms with Crippen LogP contribution in [0.15, 0.2) is 59.9 Å². The molecule has 29 heavy (non-hydrogen) atoms. The van der Waals surface area contributed by atoms with Crippen LogP contribution in [0.2, 0.25) is 0 Å². The van der Waals surface area contributed by atoms with Gasteiger partial charge in [0.25, 0.3) is 0 Å². The molecule has 1 aliphatic carbocycles. The van der Waals surface area contributed by atoms with Crippen molar-refractivity contribution in [1.82, 2.24) is 19.7 Å². The molecule has 7 heteroatoms. The second-order valence-corrected chi connectivity index (χ2v) is 8.45. The average molecular weight is 404 g/mol. The number of hydrogen-bond acceptors (Lipinski definition) is 5. The first-order chi connectivity index (χ1) is 14.4. The van der Waals surface area contributed by atoms with Crippen LogP contribution in [0.4, 0.5) is 0 Å². The molecule has 146 valence electrons. The largest absolute Gasteiger partial charge is 0.486 e. The summed E-state index contributed by atoms with van der Waals surface area (Å²) in [7, 11) is 0. The number of aromatic nitrogens is 4. The zero-order chi connectivity index (χ0) is 19.2. The van der Waals surface area contributed by atoms with Crippen molar-refractivity contribution in [3.63, 3.8) is 0 Å². The fourth-order valence-electron chi connectivity index (χ4n) is 3.79. The van der Waals surface area contributed by atoms with E-state index in [4.69, 9.17) is 9.47 Å². The van der Waals surface area contributed by atoms with Crippen LogP contribution < -0.4 is 9.47 Å². The topological polar surface area (TPSA) is 65.0 Å². The molecule has 1 N–H and O–H groups in total. The molecular weight excluding hydrogens is 384 g/mol. The van der Waals surface area contributed by atoms with E-state index >= 15 is 0 Å². The van der Waals surface area contributed by atoms with Gasteiger partial charge in [0.2, 0.25) is 0 Å². The molecule has 0 amide bonds. The van der Waals surface area contributed by atoms with Gasteiger partial charge in [0, 0.05) is 34.5 Å². The van der Waals surface area contributed by atoms with E-state index in [1.54, 1.807) is 11.8 Å². The van der Waals surface area contributed by atoms with Crippen LogP contribution in [0.25, 0.3) is 22.3 Å². The van der Waals surface area contributed by atoms with Crippen molar-refractivity contribution >= 4 is 22.7 Å². The van der Waals surface area contributed by atoms with E-state index in [-0.39, 0.29) is 6.10 Å². The summed E-state index contributed by atoms with van der Waals surface area (Å²) in [6, 6.07) is 16.6. The van der Waals surface area contributed by atoms with E-state index < -0.39 is 0 Å². The zero-order valence-corrected chi connectivity index (χ0v) is 16.6. The maximum Gasteiger partial charge on any atom is 0.191 e. The standard InChI is InChI=1S/C22H20N4O2S/c1-2-6-18-16(5-1)17(11-23-18)21-24-25-22(26(21)14-9-10-14)29-13-15-12-27-19-7-3-4-8-20(19)28-15/h1-8,11,14-15,23H,9-10,12-13H2. The number of nitrogens with one attached hydrogen (secondary N) is 1. The highest BCUT2D eigenvalue weighted by Crippen LogP contribution is 2.42. The molecule has 0 radical (unpaired) electrons. The average Bonchev–Trinajstić information content (AvgIpc) is 3.38. The summed E-state index contributed by atoms with van der Waals surface area (Å²) in [6.45, 7) is 0.552. The van der Waals surface area contributed by atoms with Crippen LogP contribution in [-0.2, 0) is 0 Å². The minimum atomic E-state index is -0.00390. The monoisotopic (exact) mass is 404 g/mol. The van der Waals surface area contributed by atoms with Crippen LogP contribution in [0, 0.1) is 0 Å². The van der Waals surface area contributed by atoms with Gasteiger partial charge in [0.1, 0.15) is 12.7 Å². The Kier molecular flexibility index (Phi) is 4.01. The molecule has 1 unspecified atom stereocenters. The van der Waals surface area contributed by atoms with Crippen molar-refractivity contribution in [1.29, 1.82) is 0 Å². The predicted molar refractivity (Wildman–Crippen MR) is 113 cm³/mol. The molecule has 3 heterocycles. The SMILES string of the molecule is c1ccc2c(c1)OCC(CSc1nnc(-c3c[nH]c4ccccc34)n1C1CC1)O2. The Hall–Kier alpha value is -2.93. The highest BCUT2D eigenvalue weighted by Gasteiger charge is 2.31. The summed E-state index contributed by atoms with van der Waals surface area (Å²) in [5, 5.41) is 11.2. The first-order valence-corrected chi connectivity index (χ1v) is 10.9. The van der Waals surface area contributed by atoms with Crippen LogP contribution in [0.1, 0.15) is 18.9 Å². The summed E-state index contributed by atoms with van der Waals surface area (Å²) in [5.74, 6) is 3.34. The number of rotatable bonds is 5. The lowest BCUT2D eigenvalue weighted by Gasteiger charge is -2.26. The smallest absolute Gasteiger partial charge is 0.191 e. The second kappa shape index (κ2) is 6.84. The van der Waals surface area contributed by atoms with Gasteiger partial charge in [-0.1, -0.05) is 42.1 Å². The predicted octanol–water partition coefficient (Wildman–Crippen LogP) is 4.69. The lowest BCUT2D eigenvalue weighted by molar-refractivity contribution is 0.107. The minimum absolute atomic E-state index is 0.00390. The van der Waals surface area contributed by atoms with E-state index in [0.29, 0.717) is 12.6 Å². The van der Waals surface area contributed by atoms with Gasteiger partial charge in [0.15, 0.2) is 22.5 Å². The first kappa shape index (κ1) is 17.0. The van der Waals surface area contributed by atoms with Gasteiger partial charge in [-0.2, -0.15) is 0 Å². The van der Waals surface area contributed by atoms with Crippen molar-refractivity contribution in [2.75, 3.05) is 12.4 Å². The number of ether oxygens (including phenoxy) is 2. The van der Waals surface area contributed by atoms with E-state index in [9.17, 15) is 0 Å². The maximum atomic E-state index is 6.10. The number of thioether (sulfide) groups is 1. The zero-order valence-electron chi connectivity index (χ0n) is 15.7. The summed E-state index contributed by atoms with van der Waals surface area (Å²) in [6.07, 6.45) is 4.39. The van der Waals surface area contributed by atoms with E-state index in [2.05, 4.69) is 37.9 Å². The Bertz CT molecular complexity index is 1180. The fraction of sp³-hybridized carbons (Fsp3) is 0.273. The summed E-state index contributed by atoms with van der Waals surface area (Å²) in [4.78, 5) is 3.35. The number of fused-ring (bicyclic) bond motifs is 2. The van der Waals surface area contributed by atoms with Gasteiger partial charge < -0.3 is 14.5 Å². The lowest BCUT2D eigenvalue weighted by Crippen LogP contribution is -2.31. The molecular formula is C22H20N4O2S. The van der Waals surface area contributed by atoms with E-state index in [0.717, 1.165) is 39.3 Å². The Morgan fingerprint density at radius 3 is 2.76 bits per heavy atom. The normalized spacial score (nSPS) is 18.3. The molecule has 2 aliphatic rings. The molecule has 2 aromatic heterocycles. The minimum Gasteiger partial charge on any atom is -0.486 e. The summed E-state index contributed by atoms with van der Waals surface area (Å²) < 4.78 is 14.2. The molecule has 0 saturated heterocycles. The Balaban J connectivity index is 1.26. The Labute approximate surface area is 172 Å². The maximum absolute atomic E-state index is 6.10. The highest BCUT2D eigenvalue weighted by molar-refractivity contribution is 7.99. The van der Waals surface area contributed by atoms with Crippen LogP contribution in [0.3, 0.4) is 0 Å². The third-order valence-corrected chi connectivity index (χ3v) is 6.45. The molecule has 4 aromatic rings. The van der Waals surface area contributed by atoms with Crippen molar-refractivity contribution < 1.29 is 9.47 Å². The van der Waals surface area contributed by atoms with Crippen molar-refractivity contribution in [2.45, 2.75) is 30.1 Å². The lowest BCUT2D eigenvalue weighted by atomic mass is 10.1. The number of hydrogen-bond donors (Lipinski definition) is 1. The summed E-state index contributed by atoms with van der Waals surface area (Å²) >= 11 is 1.69. The van der Waals surface area contributed by atoms with Gasteiger partial charge in [-0.3, -0.25) is 4.57 Å². The highest BCUT2D eigenvalue weighted by atomic mass is 32.2. The number of nitrogens with zero attached hydrogens (tertiary/aromatic N) is 3. The first-order valence-electron chi connectivity index (χ1n) is 9.89. The van der Waals surface area contributed by atoms with Gasteiger partial charge in [-0.05, 0) is 31.0 Å². The van der Waals surface area contributed by atoms with Gasteiger partial charge in [-0.25, -0.2) is 0 Å². The number of para-hydroxylation sites is 3. The van der Waals surface area contributed by atoms with Crippen molar-refractivity contribution in [2.24, 2.45) is 0 Å². The third-order valence-electron chi connectivity index (χ3n) is 5.37. The quantitative estimate of drug-likeness (QED) is 0.489. The van der Waals surface area contributed by atoms with Crippen molar-refractivity contribution in [3.05, 3.63) is 54.7 Å². The Morgan fingerprint density at radius 1 is 1.03 bits per heavy atom. The second-order valence-electron chi connectivity index (χ2n) is 7.46. The van der Waals surface area contributed by atoms with Crippen LogP contribution >= 0.6 is 11.8 Å². The van der Waals surface area contributed by atoms with E-state index in [1.165, 1.54) is 18.2 Å². The molecule has 2 aromatic carbocycles. The number of H-pyrrole nitrogens is 1. The van der Waals surface area contributed by atoms with Crippen molar-refractivity contribution in [3.8, 4) is 22.9 Å². The molecule has 6 rings (SSSR count).